The normalized spacial score (nSPS) is 11.5. The zero-order valence-electron chi connectivity index (χ0n) is 23.9. The van der Waals surface area contributed by atoms with Gasteiger partial charge in [-0.15, -0.1) is 0 Å². The smallest absolute Gasteiger partial charge is 0.282 e. The van der Waals surface area contributed by atoms with Gasteiger partial charge in [0.2, 0.25) is 0 Å². The molecule has 8 heteroatoms. The van der Waals surface area contributed by atoms with E-state index in [0.717, 1.165) is 32.5 Å². The number of aromatic nitrogens is 2. The van der Waals surface area contributed by atoms with Crippen molar-refractivity contribution in [2.24, 2.45) is 5.10 Å². The molecule has 0 bridgehead atoms. The van der Waals surface area contributed by atoms with E-state index in [0.29, 0.717) is 46.3 Å². The van der Waals surface area contributed by atoms with Crippen molar-refractivity contribution in [1.29, 1.82) is 0 Å². The number of nitrogens with zero attached hydrogens (tertiary/aromatic N) is 3. The molecule has 42 heavy (non-hydrogen) atoms. The first-order valence-electron chi connectivity index (χ1n) is 13.8. The number of para-hydroxylation sites is 1. The van der Waals surface area contributed by atoms with Crippen LogP contribution < -0.4 is 15.0 Å². The Balaban J connectivity index is 1.53. The molecule has 0 fully saturated rings. The first-order valence-corrected chi connectivity index (χ1v) is 14.9. The van der Waals surface area contributed by atoms with Gasteiger partial charge in [-0.25, -0.2) is 4.98 Å². The molecule has 0 saturated heterocycles. The lowest BCUT2D eigenvalue weighted by molar-refractivity contribution is 0.306. The maximum absolute atomic E-state index is 13.7. The third kappa shape index (κ3) is 6.42. The Labute approximate surface area is 258 Å². The second kappa shape index (κ2) is 12.9. The molecule has 0 aliphatic carbocycles. The van der Waals surface area contributed by atoms with Gasteiger partial charge in [0.25, 0.3) is 5.56 Å². The fraction of sp³-hybridized carbons (Fsp3) is 0.206. The Hall–Kier alpha value is -3.94. The predicted octanol–water partition coefficient (Wildman–Crippen LogP) is 8.77. The number of benzene rings is 4. The highest BCUT2D eigenvalue weighted by molar-refractivity contribution is 9.10. The van der Waals surface area contributed by atoms with Crippen molar-refractivity contribution in [3.05, 3.63) is 121 Å². The monoisotopic (exact) mass is 643 g/mol. The Morgan fingerprint density at radius 2 is 1.76 bits per heavy atom. The van der Waals surface area contributed by atoms with Crippen LogP contribution in [0.3, 0.4) is 0 Å². The summed E-state index contributed by atoms with van der Waals surface area (Å²) in [5, 5.41) is 5.57. The molecule has 1 heterocycles. The van der Waals surface area contributed by atoms with Gasteiger partial charge >= 0.3 is 0 Å². The molecule has 6 nitrogen and oxygen atoms in total. The minimum atomic E-state index is -0.258. The fourth-order valence-corrected chi connectivity index (χ4v) is 5.16. The van der Waals surface area contributed by atoms with Crippen LogP contribution in [0.4, 0.5) is 0 Å². The van der Waals surface area contributed by atoms with Crippen molar-refractivity contribution in [1.82, 2.24) is 9.66 Å². The highest BCUT2D eigenvalue weighted by Gasteiger charge is 2.18. The van der Waals surface area contributed by atoms with Gasteiger partial charge in [0.15, 0.2) is 5.82 Å². The van der Waals surface area contributed by atoms with E-state index < -0.39 is 0 Å². The Morgan fingerprint density at radius 1 is 1.00 bits per heavy atom. The van der Waals surface area contributed by atoms with Gasteiger partial charge in [-0.05, 0) is 96.6 Å². The first-order chi connectivity index (χ1) is 20.2. The molecular formula is C34H31BrClN3O3. The minimum absolute atomic E-state index is 0.210. The lowest BCUT2D eigenvalue weighted by Gasteiger charge is -2.18. The van der Waals surface area contributed by atoms with Crippen molar-refractivity contribution >= 4 is 44.6 Å². The maximum atomic E-state index is 13.7. The molecule has 0 radical (unpaired) electrons. The fourth-order valence-electron chi connectivity index (χ4n) is 4.66. The molecule has 0 amide bonds. The average Bonchev–Trinajstić information content (AvgIpc) is 2.97. The zero-order valence-corrected chi connectivity index (χ0v) is 26.2. The molecule has 4 aromatic carbocycles. The van der Waals surface area contributed by atoms with E-state index in [1.165, 1.54) is 4.68 Å². The third-order valence-electron chi connectivity index (χ3n) is 6.86. The second-order valence-electron chi connectivity index (χ2n) is 10.2. The van der Waals surface area contributed by atoms with Gasteiger partial charge in [-0.3, -0.25) is 4.79 Å². The quantitative estimate of drug-likeness (QED) is 0.151. The van der Waals surface area contributed by atoms with Crippen LogP contribution in [0.2, 0.25) is 5.02 Å². The molecule has 0 unspecified atom stereocenters. The van der Waals surface area contributed by atoms with Crippen LogP contribution >= 0.6 is 27.5 Å². The number of aryl methyl sites for hydroxylation is 1. The van der Waals surface area contributed by atoms with E-state index >= 15 is 0 Å². The zero-order chi connectivity index (χ0) is 29.8. The lowest BCUT2D eigenvalue weighted by atomic mass is 9.96. The second-order valence-corrected chi connectivity index (χ2v) is 11.5. The predicted molar refractivity (Wildman–Crippen MR) is 174 cm³/mol. The van der Waals surface area contributed by atoms with Gasteiger partial charge in [0.1, 0.15) is 18.1 Å². The summed E-state index contributed by atoms with van der Waals surface area (Å²) in [5.74, 6) is 2.07. The van der Waals surface area contributed by atoms with Crippen molar-refractivity contribution in [2.75, 3.05) is 6.61 Å². The van der Waals surface area contributed by atoms with E-state index in [-0.39, 0.29) is 11.5 Å². The van der Waals surface area contributed by atoms with Gasteiger partial charge in [0, 0.05) is 10.0 Å². The first kappa shape index (κ1) is 29.5. The highest BCUT2D eigenvalue weighted by atomic mass is 79.9. The van der Waals surface area contributed by atoms with Crippen LogP contribution in [0.25, 0.3) is 22.3 Å². The van der Waals surface area contributed by atoms with Crippen molar-refractivity contribution in [2.45, 2.75) is 40.2 Å². The van der Waals surface area contributed by atoms with Crippen LogP contribution in [-0.2, 0) is 6.61 Å². The van der Waals surface area contributed by atoms with Gasteiger partial charge in [-0.2, -0.15) is 9.78 Å². The summed E-state index contributed by atoms with van der Waals surface area (Å²) in [6, 6.07) is 24.7. The highest BCUT2D eigenvalue weighted by Crippen LogP contribution is 2.34. The average molecular weight is 645 g/mol. The van der Waals surface area contributed by atoms with Gasteiger partial charge in [-0.1, -0.05) is 65.6 Å². The van der Waals surface area contributed by atoms with E-state index in [4.69, 9.17) is 26.1 Å². The SMILES string of the molecule is CCOc1cc(C)c(-c2nc3ccccc3c(=O)n2N=Cc2ccc(OCc3ccc(Br)cc3)c(Cl)c2)cc1C(C)C. The van der Waals surface area contributed by atoms with E-state index in [1.807, 2.05) is 68.4 Å². The number of fused-ring (bicyclic) bond motifs is 1. The number of ether oxygens (including phenoxy) is 2. The molecule has 5 rings (SSSR count). The van der Waals surface area contributed by atoms with Crippen LogP contribution in [0.15, 0.2) is 93.2 Å². The van der Waals surface area contributed by atoms with Crippen molar-refractivity contribution < 1.29 is 9.47 Å². The molecular weight excluding hydrogens is 614 g/mol. The Morgan fingerprint density at radius 3 is 2.48 bits per heavy atom. The van der Waals surface area contributed by atoms with Gasteiger partial charge < -0.3 is 9.47 Å². The summed E-state index contributed by atoms with van der Waals surface area (Å²) < 4.78 is 14.2. The lowest BCUT2D eigenvalue weighted by Crippen LogP contribution is -2.20. The Bertz CT molecular complexity index is 1830. The summed E-state index contributed by atoms with van der Waals surface area (Å²) in [7, 11) is 0. The number of rotatable bonds is 9. The van der Waals surface area contributed by atoms with E-state index in [2.05, 4.69) is 40.9 Å². The third-order valence-corrected chi connectivity index (χ3v) is 7.68. The summed E-state index contributed by atoms with van der Waals surface area (Å²) >= 11 is 10.0. The molecule has 0 saturated carbocycles. The molecule has 0 aliphatic heterocycles. The molecule has 214 valence electrons. The topological polar surface area (TPSA) is 65.7 Å². The van der Waals surface area contributed by atoms with E-state index in [1.54, 1.807) is 24.4 Å². The standard InChI is InChI=1S/C34H31BrClN3O3/c1-5-41-32-16-22(4)28(18-27(32)21(2)3)33-38-30-9-7-6-8-26(30)34(40)39(33)37-19-24-12-15-31(29(36)17-24)42-20-23-10-13-25(35)14-11-23/h6-19,21H,5,20H2,1-4H3. The maximum Gasteiger partial charge on any atom is 0.282 e. The van der Waals surface area contributed by atoms with Crippen molar-refractivity contribution in [3.63, 3.8) is 0 Å². The van der Waals surface area contributed by atoms with Crippen LogP contribution in [0, 0.1) is 6.92 Å². The van der Waals surface area contributed by atoms with Gasteiger partial charge in [0.05, 0.1) is 28.7 Å². The van der Waals surface area contributed by atoms with E-state index in [9.17, 15) is 4.79 Å². The minimum Gasteiger partial charge on any atom is -0.494 e. The van der Waals surface area contributed by atoms with Crippen LogP contribution in [0.5, 0.6) is 11.5 Å². The van der Waals surface area contributed by atoms with Crippen molar-refractivity contribution in [3.8, 4) is 22.9 Å². The molecule has 0 aliphatic rings. The summed E-state index contributed by atoms with van der Waals surface area (Å²) in [6.45, 7) is 9.15. The van der Waals surface area contributed by atoms with Crippen LogP contribution in [0.1, 0.15) is 48.9 Å². The molecule has 0 atom stereocenters. The summed E-state index contributed by atoms with van der Waals surface area (Å²) in [4.78, 5) is 18.6. The Kier molecular flexibility index (Phi) is 9.09. The summed E-state index contributed by atoms with van der Waals surface area (Å²) in [5.41, 5.74) is 4.89. The largest absolute Gasteiger partial charge is 0.494 e. The number of hydrogen-bond acceptors (Lipinski definition) is 5. The molecule has 1 aromatic heterocycles. The summed E-state index contributed by atoms with van der Waals surface area (Å²) in [6.07, 6.45) is 1.61. The van der Waals surface area contributed by atoms with Crippen LogP contribution in [-0.4, -0.2) is 22.5 Å². The number of halogens is 2. The molecule has 0 N–H and O–H groups in total. The number of hydrogen-bond donors (Lipinski definition) is 0. The molecule has 0 spiro atoms. The molecule has 5 aromatic rings.